The molecule has 0 radical (unpaired) electrons. The average molecular weight is 296 g/mol. The minimum absolute atomic E-state index is 0.0213. The van der Waals surface area contributed by atoms with E-state index in [1.165, 1.54) is 7.11 Å². The minimum atomic E-state index is -0.0213. The number of aromatic nitrogens is 3. The van der Waals surface area contributed by atoms with Crippen molar-refractivity contribution in [3.63, 3.8) is 0 Å². The smallest absolute Gasteiger partial charge is 0.260 e. The first kappa shape index (κ1) is 13.2. The molecule has 2 bridgehead atoms. The highest BCUT2D eigenvalue weighted by Crippen LogP contribution is 2.43. The molecule has 0 spiro atoms. The third-order valence-corrected chi connectivity index (χ3v) is 4.55. The maximum absolute atomic E-state index is 13.0. The molecule has 0 saturated carbocycles. The van der Waals surface area contributed by atoms with Gasteiger partial charge in [0.25, 0.3) is 5.91 Å². The van der Waals surface area contributed by atoms with Crippen LogP contribution in [0.25, 0.3) is 0 Å². The number of amides is 1. The maximum Gasteiger partial charge on any atom is 0.260 e. The molecular formula is C16H16N4O2. The third-order valence-electron chi connectivity index (χ3n) is 4.55. The second-order valence-corrected chi connectivity index (χ2v) is 5.65. The van der Waals surface area contributed by atoms with Gasteiger partial charge in [-0.3, -0.25) is 4.79 Å². The van der Waals surface area contributed by atoms with Crippen molar-refractivity contribution in [2.24, 2.45) is 0 Å². The second-order valence-electron chi connectivity index (χ2n) is 5.65. The predicted octanol–water partition coefficient (Wildman–Crippen LogP) is 1.78. The van der Waals surface area contributed by atoms with Gasteiger partial charge in [0.05, 0.1) is 18.8 Å². The van der Waals surface area contributed by atoms with Crippen LogP contribution < -0.4 is 4.74 Å². The number of carbonyl (C=O) groups excluding carboxylic acids is 1. The van der Waals surface area contributed by atoms with Gasteiger partial charge in [0.15, 0.2) is 0 Å². The Morgan fingerprint density at radius 3 is 3.14 bits per heavy atom. The van der Waals surface area contributed by atoms with Gasteiger partial charge in [-0.1, -0.05) is 0 Å². The van der Waals surface area contributed by atoms with Gasteiger partial charge in [0.1, 0.15) is 11.9 Å². The zero-order valence-electron chi connectivity index (χ0n) is 12.3. The van der Waals surface area contributed by atoms with E-state index in [2.05, 4.69) is 15.0 Å². The standard InChI is InChI=1S/C16H16N4O2/c1-22-15-11(3-2-6-18-15)16(21)20-10-4-5-14(20)12-8-17-9-19-13(12)7-10/h2-3,6,8-10,14H,4-5,7H2,1H3. The molecule has 4 rings (SSSR count). The first-order chi connectivity index (χ1) is 10.8. The van der Waals surface area contributed by atoms with Crippen molar-refractivity contribution < 1.29 is 9.53 Å². The first-order valence-corrected chi connectivity index (χ1v) is 7.40. The molecule has 1 saturated heterocycles. The molecule has 112 valence electrons. The number of nitrogens with zero attached hydrogens (tertiary/aromatic N) is 4. The Hall–Kier alpha value is -2.50. The SMILES string of the molecule is COc1ncccc1C(=O)N1C2CCC1c1cncnc1C2. The molecule has 2 atom stereocenters. The quantitative estimate of drug-likeness (QED) is 0.845. The molecular weight excluding hydrogens is 280 g/mol. The van der Waals surface area contributed by atoms with Crippen molar-refractivity contribution in [2.45, 2.75) is 31.3 Å². The normalized spacial score (nSPS) is 22.3. The lowest BCUT2D eigenvalue weighted by Gasteiger charge is -2.35. The summed E-state index contributed by atoms with van der Waals surface area (Å²) in [5.41, 5.74) is 2.67. The summed E-state index contributed by atoms with van der Waals surface area (Å²) in [5, 5.41) is 0. The first-order valence-electron chi connectivity index (χ1n) is 7.40. The molecule has 6 nitrogen and oxygen atoms in total. The lowest BCUT2D eigenvalue weighted by Crippen LogP contribution is -2.42. The summed E-state index contributed by atoms with van der Waals surface area (Å²) in [5.74, 6) is 0.356. The number of pyridine rings is 1. The molecule has 1 fully saturated rings. The Morgan fingerprint density at radius 1 is 1.36 bits per heavy atom. The van der Waals surface area contributed by atoms with Gasteiger partial charge < -0.3 is 9.64 Å². The van der Waals surface area contributed by atoms with Crippen molar-refractivity contribution in [1.29, 1.82) is 0 Å². The van der Waals surface area contributed by atoms with E-state index < -0.39 is 0 Å². The number of hydrogen-bond donors (Lipinski definition) is 0. The van der Waals surface area contributed by atoms with Gasteiger partial charge in [-0.15, -0.1) is 0 Å². The van der Waals surface area contributed by atoms with E-state index in [1.54, 1.807) is 24.7 Å². The van der Waals surface area contributed by atoms with Crippen molar-refractivity contribution in [3.8, 4) is 5.88 Å². The zero-order chi connectivity index (χ0) is 15.1. The molecule has 2 aliphatic rings. The summed E-state index contributed by atoms with van der Waals surface area (Å²) in [6, 6.07) is 3.79. The predicted molar refractivity (Wildman–Crippen MR) is 78.5 cm³/mol. The van der Waals surface area contributed by atoms with Gasteiger partial charge >= 0.3 is 0 Å². The van der Waals surface area contributed by atoms with Gasteiger partial charge in [0.2, 0.25) is 5.88 Å². The number of hydrogen-bond acceptors (Lipinski definition) is 5. The summed E-state index contributed by atoms with van der Waals surface area (Å²) in [7, 11) is 1.53. The van der Waals surface area contributed by atoms with Gasteiger partial charge in [-0.2, -0.15) is 0 Å². The number of rotatable bonds is 2. The van der Waals surface area contributed by atoms with E-state index >= 15 is 0 Å². The van der Waals surface area contributed by atoms with Crippen LogP contribution in [0.1, 0.15) is 40.5 Å². The van der Waals surface area contributed by atoms with E-state index in [0.29, 0.717) is 11.4 Å². The van der Waals surface area contributed by atoms with Crippen LogP contribution in [0.4, 0.5) is 0 Å². The summed E-state index contributed by atoms with van der Waals surface area (Å²) in [6.45, 7) is 0. The summed E-state index contributed by atoms with van der Waals surface area (Å²) >= 11 is 0. The van der Waals surface area contributed by atoms with Crippen molar-refractivity contribution in [3.05, 3.63) is 47.7 Å². The molecule has 22 heavy (non-hydrogen) atoms. The van der Waals surface area contributed by atoms with Crippen molar-refractivity contribution >= 4 is 5.91 Å². The molecule has 2 unspecified atom stereocenters. The molecule has 0 aliphatic carbocycles. The van der Waals surface area contributed by atoms with Gasteiger partial charge in [0, 0.05) is 30.4 Å². The Morgan fingerprint density at radius 2 is 2.27 bits per heavy atom. The maximum atomic E-state index is 13.0. The fraction of sp³-hybridized carbons (Fsp3) is 0.375. The van der Waals surface area contributed by atoms with E-state index in [-0.39, 0.29) is 18.0 Å². The van der Waals surface area contributed by atoms with Crippen LogP contribution >= 0.6 is 0 Å². The van der Waals surface area contributed by atoms with Crippen LogP contribution in [0, 0.1) is 0 Å². The minimum Gasteiger partial charge on any atom is -0.480 e. The highest BCUT2D eigenvalue weighted by Gasteiger charge is 2.44. The lowest BCUT2D eigenvalue weighted by molar-refractivity contribution is 0.0639. The molecule has 2 aliphatic heterocycles. The third kappa shape index (κ3) is 1.87. The number of ether oxygens (including phenoxy) is 1. The highest BCUT2D eigenvalue weighted by molar-refractivity contribution is 5.97. The van der Waals surface area contributed by atoms with E-state index in [9.17, 15) is 4.79 Å². The topological polar surface area (TPSA) is 68.2 Å². The Kier molecular flexibility index (Phi) is 3.03. The van der Waals surface area contributed by atoms with Crippen LogP contribution in [0.5, 0.6) is 5.88 Å². The zero-order valence-corrected chi connectivity index (χ0v) is 12.3. The molecule has 0 N–H and O–H groups in total. The summed E-state index contributed by atoms with van der Waals surface area (Å²) < 4.78 is 5.23. The van der Waals surface area contributed by atoms with Crippen LogP contribution in [-0.4, -0.2) is 38.9 Å². The largest absolute Gasteiger partial charge is 0.480 e. The molecule has 2 aromatic rings. The highest BCUT2D eigenvalue weighted by atomic mass is 16.5. The molecule has 0 aromatic carbocycles. The summed E-state index contributed by atoms with van der Waals surface area (Å²) in [4.78, 5) is 27.6. The fourth-order valence-electron chi connectivity index (χ4n) is 3.59. The Bertz CT molecular complexity index is 734. The van der Waals surface area contributed by atoms with Gasteiger partial charge in [-0.25, -0.2) is 15.0 Å². The lowest BCUT2D eigenvalue weighted by atomic mass is 9.98. The molecule has 4 heterocycles. The second kappa shape index (κ2) is 5.05. The van der Waals surface area contributed by atoms with Crippen molar-refractivity contribution in [2.75, 3.05) is 7.11 Å². The van der Waals surface area contributed by atoms with E-state index in [4.69, 9.17) is 4.74 Å². The van der Waals surface area contributed by atoms with E-state index in [1.807, 2.05) is 11.1 Å². The number of methoxy groups -OCH3 is 1. The van der Waals surface area contributed by atoms with E-state index in [0.717, 1.165) is 30.5 Å². The van der Waals surface area contributed by atoms with Crippen LogP contribution in [0.3, 0.4) is 0 Å². The monoisotopic (exact) mass is 296 g/mol. The van der Waals surface area contributed by atoms with Gasteiger partial charge in [-0.05, 0) is 25.0 Å². The molecule has 2 aromatic heterocycles. The van der Waals surface area contributed by atoms with Crippen LogP contribution in [-0.2, 0) is 6.42 Å². The van der Waals surface area contributed by atoms with Crippen LogP contribution in [0.15, 0.2) is 30.9 Å². The Balaban J connectivity index is 1.74. The number of fused-ring (bicyclic) bond motifs is 4. The molecule has 1 amide bonds. The fourth-order valence-corrected chi connectivity index (χ4v) is 3.59. The van der Waals surface area contributed by atoms with Crippen molar-refractivity contribution in [1.82, 2.24) is 19.9 Å². The van der Waals surface area contributed by atoms with Crippen LogP contribution in [0.2, 0.25) is 0 Å². The summed E-state index contributed by atoms with van der Waals surface area (Å²) in [6.07, 6.45) is 7.80. The number of carbonyl (C=O) groups is 1. The Labute approximate surface area is 128 Å². The average Bonchev–Trinajstić information content (AvgIpc) is 2.89. The molecule has 6 heteroatoms.